The molecular weight excluding hydrogens is 330 g/mol. The molecule has 1 aromatic rings. The van der Waals surface area contributed by atoms with Gasteiger partial charge in [-0.3, -0.25) is 14.5 Å². The fourth-order valence-corrected chi connectivity index (χ4v) is 4.06. The molecular formula is C19H29N5O2. The van der Waals surface area contributed by atoms with Crippen molar-refractivity contribution < 1.29 is 9.59 Å². The highest BCUT2D eigenvalue weighted by atomic mass is 16.2. The van der Waals surface area contributed by atoms with Crippen LogP contribution >= 0.6 is 0 Å². The summed E-state index contributed by atoms with van der Waals surface area (Å²) < 4.78 is 0. The lowest BCUT2D eigenvalue weighted by atomic mass is 9.76. The zero-order chi connectivity index (χ0) is 18.2. The van der Waals surface area contributed by atoms with Crippen LogP contribution in [-0.2, 0) is 9.59 Å². The Kier molecular flexibility index (Phi) is 6.55. The smallest absolute Gasteiger partial charge is 0.229 e. The lowest BCUT2D eigenvalue weighted by molar-refractivity contribution is -0.153. The van der Waals surface area contributed by atoms with Crippen molar-refractivity contribution in [2.45, 2.75) is 51.4 Å². The summed E-state index contributed by atoms with van der Waals surface area (Å²) in [5.41, 5.74) is 0.00168. The Morgan fingerprint density at radius 3 is 2.35 bits per heavy atom. The van der Waals surface area contributed by atoms with Crippen LogP contribution in [0.1, 0.15) is 51.4 Å². The van der Waals surface area contributed by atoms with E-state index < -0.39 is 0 Å². The van der Waals surface area contributed by atoms with Crippen LogP contribution in [0, 0.1) is 5.41 Å². The number of nitrogens with one attached hydrogen (secondary N) is 2. The molecule has 1 saturated carbocycles. The fourth-order valence-electron chi connectivity index (χ4n) is 4.06. The summed E-state index contributed by atoms with van der Waals surface area (Å²) >= 11 is 0. The highest BCUT2D eigenvalue weighted by Crippen LogP contribution is 2.46. The lowest BCUT2D eigenvalue weighted by Crippen LogP contribution is -2.47. The summed E-state index contributed by atoms with van der Waals surface area (Å²) in [4.78, 5) is 34.4. The van der Waals surface area contributed by atoms with Crippen molar-refractivity contribution in [2.24, 2.45) is 5.41 Å². The van der Waals surface area contributed by atoms with Crippen LogP contribution in [-0.4, -0.2) is 52.9 Å². The van der Waals surface area contributed by atoms with Crippen molar-refractivity contribution in [3.05, 3.63) is 18.5 Å². The molecule has 2 amide bonds. The number of nitrogens with zero attached hydrogens (tertiary/aromatic N) is 3. The van der Waals surface area contributed by atoms with E-state index in [0.717, 1.165) is 58.2 Å². The molecule has 0 unspecified atom stereocenters. The van der Waals surface area contributed by atoms with Crippen molar-refractivity contribution in [1.29, 1.82) is 0 Å². The maximum absolute atomic E-state index is 12.4. The van der Waals surface area contributed by atoms with Crippen LogP contribution in [0.25, 0.3) is 0 Å². The number of imide groups is 1. The first-order chi connectivity index (χ1) is 12.7. The van der Waals surface area contributed by atoms with Crippen molar-refractivity contribution in [3.8, 4) is 0 Å². The number of anilines is 1. The molecule has 0 bridgehead atoms. The molecule has 1 spiro atoms. The normalized spacial score (nSPS) is 19.3. The van der Waals surface area contributed by atoms with Crippen LogP contribution in [0.4, 0.5) is 5.95 Å². The van der Waals surface area contributed by atoms with Crippen molar-refractivity contribution in [2.75, 3.05) is 31.5 Å². The zero-order valence-corrected chi connectivity index (χ0v) is 15.4. The van der Waals surface area contributed by atoms with Crippen LogP contribution in [0.15, 0.2) is 18.5 Å². The maximum Gasteiger partial charge on any atom is 0.229 e. The third kappa shape index (κ3) is 5.00. The van der Waals surface area contributed by atoms with Gasteiger partial charge in [-0.25, -0.2) is 9.97 Å². The number of carbonyl (C=O) groups excluding carboxylic acids is 2. The Labute approximate surface area is 155 Å². The van der Waals surface area contributed by atoms with Gasteiger partial charge in [0.15, 0.2) is 0 Å². The van der Waals surface area contributed by atoms with Gasteiger partial charge in [-0.1, -0.05) is 12.8 Å². The second-order valence-corrected chi connectivity index (χ2v) is 7.46. The summed E-state index contributed by atoms with van der Waals surface area (Å²) in [6, 6.07) is 1.79. The van der Waals surface area contributed by atoms with Crippen LogP contribution in [0.3, 0.4) is 0 Å². The van der Waals surface area contributed by atoms with Gasteiger partial charge in [-0.15, -0.1) is 0 Å². The fraction of sp³-hybridized carbons (Fsp3) is 0.684. The Bertz CT molecular complexity index is 581. The molecule has 0 atom stereocenters. The first kappa shape index (κ1) is 18.8. The summed E-state index contributed by atoms with van der Waals surface area (Å²) in [5, 5.41) is 6.49. The monoisotopic (exact) mass is 359 g/mol. The average Bonchev–Trinajstić information content (AvgIpc) is 3.07. The first-order valence-corrected chi connectivity index (χ1v) is 9.73. The van der Waals surface area contributed by atoms with Crippen molar-refractivity contribution in [3.63, 3.8) is 0 Å². The highest BCUT2D eigenvalue weighted by Gasteiger charge is 2.44. The number of likely N-dealkylation sites (tertiary alicyclic amines) is 1. The molecule has 1 aliphatic heterocycles. The summed E-state index contributed by atoms with van der Waals surface area (Å²) in [6.07, 6.45) is 10.8. The van der Waals surface area contributed by atoms with Gasteiger partial charge in [0, 0.05) is 44.9 Å². The first-order valence-electron chi connectivity index (χ1n) is 9.73. The van der Waals surface area contributed by atoms with Gasteiger partial charge < -0.3 is 10.6 Å². The molecule has 7 nitrogen and oxygen atoms in total. The Balaban J connectivity index is 1.26. The molecule has 1 saturated heterocycles. The Morgan fingerprint density at radius 2 is 1.65 bits per heavy atom. The molecule has 26 heavy (non-hydrogen) atoms. The van der Waals surface area contributed by atoms with Gasteiger partial charge >= 0.3 is 0 Å². The molecule has 2 aliphatic rings. The number of hydrogen-bond acceptors (Lipinski definition) is 6. The minimum atomic E-state index is 0.00168. The van der Waals surface area contributed by atoms with Gasteiger partial charge in [-0.2, -0.15) is 0 Å². The molecule has 2 N–H and O–H groups in total. The SMILES string of the molecule is O=C1CC2(CCCC2)CC(=O)N1CCCCNCCNc1ncccn1. The number of hydrogen-bond donors (Lipinski definition) is 2. The zero-order valence-electron chi connectivity index (χ0n) is 15.4. The molecule has 2 fully saturated rings. The van der Waals surface area contributed by atoms with E-state index in [9.17, 15) is 9.59 Å². The van der Waals surface area contributed by atoms with Gasteiger partial charge in [0.1, 0.15) is 0 Å². The molecule has 2 heterocycles. The highest BCUT2D eigenvalue weighted by molar-refractivity contribution is 5.98. The third-order valence-corrected chi connectivity index (χ3v) is 5.45. The maximum atomic E-state index is 12.4. The predicted octanol–water partition coefficient (Wildman–Crippen LogP) is 1.97. The number of unbranched alkanes of at least 4 members (excludes halogenated alkanes) is 1. The van der Waals surface area contributed by atoms with Gasteiger partial charge in [0.2, 0.25) is 17.8 Å². The second kappa shape index (κ2) is 9.07. The number of rotatable bonds is 9. The van der Waals surface area contributed by atoms with Gasteiger partial charge in [-0.05, 0) is 43.7 Å². The van der Waals surface area contributed by atoms with Crippen LogP contribution < -0.4 is 10.6 Å². The Morgan fingerprint density at radius 1 is 0.962 bits per heavy atom. The summed E-state index contributed by atoms with van der Waals surface area (Å²) in [7, 11) is 0. The standard InChI is InChI=1S/C19H29N5O2/c25-16-14-19(6-1-2-7-19)15-17(26)24(16)13-4-3-8-20-11-12-23-18-21-9-5-10-22-18/h5,9-10,20H,1-4,6-8,11-15H2,(H,21,22,23). The predicted molar refractivity (Wildman–Crippen MR) is 99.5 cm³/mol. The molecule has 7 heteroatoms. The molecule has 3 rings (SSSR count). The minimum absolute atomic E-state index is 0.00168. The molecule has 0 aromatic carbocycles. The van der Waals surface area contributed by atoms with Crippen molar-refractivity contribution >= 4 is 17.8 Å². The molecule has 0 radical (unpaired) electrons. The topological polar surface area (TPSA) is 87.2 Å². The van der Waals surface area contributed by atoms with E-state index in [4.69, 9.17) is 0 Å². The second-order valence-electron chi connectivity index (χ2n) is 7.46. The van der Waals surface area contributed by atoms with E-state index in [2.05, 4.69) is 20.6 Å². The van der Waals surface area contributed by atoms with E-state index in [1.807, 2.05) is 0 Å². The number of carbonyl (C=O) groups is 2. The van der Waals surface area contributed by atoms with E-state index in [-0.39, 0.29) is 17.2 Å². The van der Waals surface area contributed by atoms with Crippen LogP contribution in [0.5, 0.6) is 0 Å². The van der Waals surface area contributed by atoms with Gasteiger partial charge in [0.25, 0.3) is 0 Å². The molecule has 1 aliphatic carbocycles. The average molecular weight is 359 g/mol. The number of piperidine rings is 1. The third-order valence-electron chi connectivity index (χ3n) is 5.45. The van der Waals surface area contributed by atoms with E-state index in [0.29, 0.717) is 25.3 Å². The summed E-state index contributed by atoms with van der Waals surface area (Å²) in [5.74, 6) is 0.725. The van der Waals surface area contributed by atoms with E-state index in [1.165, 1.54) is 4.90 Å². The Hall–Kier alpha value is -2.02. The minimum Gasteiger partial charge on any atom is -0.353 e. The largest absolute Gasteiger partial charge is 0.353 e. The quantitative estimate of drug-likeness (QED) is 0.518. The lowest BCUT2D eigenvalue weighted by Gasteiger charge is -2.37. The number of aromatic nitrogens is 2. The summed E-state index contributed by atoms with van der Waals surface area (Å²) in [6.45, 7) is 3.01. The molecule has 142 valence electrons. The van der Waals surface area contributed by atoms with Gasteiger partial charge in [0.05, 0.1) is 0 Å². The van der Waals surface area contributed by atoms with Crippen molar-refractivity contribution in [1.82, 2.24) is 20.2 Å². The number of amides is 2. The van der Waals surface area contributed by atoms with E-state index in [1.54, 1.807) is 18.5 Å². The molecule has 1 aromatic heterocycles. The van der Waals surface area contributed by atoms with E-state index >= 15 is 0 Å². The van der Waals surface area contributed by atoms with Crippen LogP contribution in [0.2, 0.25) is 0 Å².